The molecule has 4 heteroatoms. The van der Waals surface area contributed by atoms with Crippen molar-refractivity contribution in [3.8, 4) is 0 Å². The average Bonchev–Trinajstić information content (AvgIpc) is 2.83. The molecule has 1 aromatic heterocycles. The molecule has 3 aromatic rings. The predicted molar refractivity (Wildman–Crippen MR) is 97.4 cm³/mol. The van der Waals surface area contributed by atoms with Gasteiger partial charge in [-0.05, 0) is 42.7 Å². The van der Waals surface area contributed by atoms with Gasteiger partial charge in [-0.3, -0.25) is 4.79 Å². The van der Waals surface area contributed by atoms with Gasteiger partial charge in [0.15, 0.2) is 0 Å². The SMILES string of the molecule is CC(=O)N[C@@H](Cc1c(C)[nH]c2ccc(Br)cc12)c1ccccc1. The van der Waals surface area contributed by atoms with Crippen LogP contribution in [0.4, 0.5) is 0 Å². The van der Waals surface area contributed by atoms with Crippen LogP contribution in [0.2, 0.25) is 0 Å². The molecular formula is C19H19BrN2O. The third-order valence-electron chi connectivity index (χ3n) is 4.07. The fourth-order valence-electron chi connectivity index (χ4n) is 3.00. The van der Waals surface area contributed by atoms with Gasteiger partial charge in [0, 0.05) is 28.0 Å². The maximum absolute atomic E-state index is 11.6. The third-order valence-corrected chi connectivity index (χ3v) is 4.56. The molecule has 0 aliphatic rings. The number of amides is 1. The summed E-state index contributed by atoms with van der Waals surface area (Å²) in [6, 6.07) is 16.3. The van der Waals surface area contributed by atoms with Gasteiger partial charge in [-0.1, -0.05) is 46.3 Å². The van der Waals surface area contributed by atoms with Crippen molar-refractivity contribution in [2.24, 2.45) is 0 Å². The third kappa shape index (κ3) is 3.48. The molecule has 118 valence electrons. The number of halogens is 1. The highest BCUT2D eigenvalue weighted by Gasteiger charge is 2.17. The summed E-state index contributed by atoms with van der Waals surface area (Å²) in [6.45, 7) is 3.65. The Bertz CT molecular complexity index is 839. The van der Waals surface area contributed by atoms with Gasteiger partial charge in [0.1, 0.15) is 0 Å². The quantitative estimate of drug-likeness (QED) is 0.689. The number of aromatic nitrogens is 1. The van der Waals surface area contributed by atoms with Crippen LogP contribution in [0.1, 0.15) is 29.8 Å². The minimum atomic E-state index is -0.0367. The maximum Gasteiger partial charge on any atom is 0.217 e. The lowest BCUT2D eigenvalue weighted by Crippen LogP contribution is -2.27. The number of aromatic amines is 1. The van der Waals surface area contributed by atoms with Gasteiger partial charge >= 0.3 is 0 Å². The largest absolute Gasteiger partial charge is 0.358 e. The Morgan fingerprint density at radius 2 is 1.96 bits per heavy atom. The van der Waals surface area contributed by atoms with E-state index in [0.717, 1.165) is 27.7 Å². The minimum absolute atomic E-state index is 0.0162. The van der Waals surface area contributed by atoms with E-state index >= 15 is 0 Å². The van der Waals surface area contributed by atoms with Gasteiger partial charge in [0.05, 0.1) is 6.04 Å². The number of rotatable bonds is 4. The van der Waals surface area contributed by atoms with Crippen molar-refractivity contribution in [2.45, 2.75) is 26.3 Å². The molecule has 0 spiro atoms. The molecule has 1 atom stereocenters. The van der Waals surface area contributed by atoms with E-state index in [2.05, 4.69) is 57.4 Å². The van der Waals surface area contributed by atoms with Crippen molar-refractivity contribution in [3.63, 3.8) is 0 Å². The number of carbonyl (C=O) groups excluding carboxylic acids is 1. The fourth-order valence-corrected chi connectivity index (χ4v) is 3.37. The fraction of sp³-hybridized carbons (Fsp3) is 0.211. The normalized spacial score (nSPS) is 12.3. The van der Waals surface area contributed by atoms with Crippen molar-refractivity contribution >= 4 is 32.7 Å². The second-order valence-corrected chi connectivity index (χ2v) is 6.70. The van der Waals surface area contributed by atoms with E-state index < -0.39 is 0 Å². The van der Waals surface area contributed by atoms with Gasteiger partial charge in [-0.25, -0.2) is 0 Å². The van der Waals surface area contributed by atoms with Gasteiger partial charge < -0.3 is 10.3 Å². The molecule has 0 unspecified atom stereocenters. The lowest BCUT2D eigenvalue weighted by molar-refractivity contribution is -0.119. The van der Waals surface area contributed by atoms with Crippen LogP contribution in [0.3, 0.4) is 0 Å². The molecule has 3 nitrogen and oxygen atoms in total. The molecule has 0 bridgehead atoms. The van der Waals surface area contributed by atoms with E-state index in [1.807, 2.05) is 24.3 Å². The molecule has 0 aliphatic heterocycles. The van der Waals surface area contributed by atoms with Crippen LogP contribution in [0.15, 0.2) is 53.0 Å². The highest BCUT2D eigenvalue weighted by molar-refractivity contribution is 9.10. The Morgan fingerprint density at radius 3 is 2.65 bits per heavy atom. The second-order valence-electron chi connectivity index (χ2n) is 5.79. The number of aryl methyl sites for hydroxylation is 1. The van der Waals surface area contributed by atoms with Crippen molar-refractivity contribution in [2.75, 3.05) is 0 Å². The molecular weight excluding hydrogens is 352 g/mol. The standard InChI is InChI=1S/C19H19BrN2O/c1-12-16(17-10-15(20)8-9-18(17)21-12)11-19(22-13(2)23)14-6-4-3-5-7-14/h3-10,19,21H,11H2,1-2H3,(H,22,23)/t19-/m0/s1. The first kappa shape index (κ1) is 15.8. The molecule has 2 N–H and O–H groups in total. The highest BCUT2D eigenvalue weighted by Crippen LogP contribution is 2.29. The first-order valence-electron chi connectivity index (χ1n) is 7.63. The summed E-state index contributed by atoms with van der Waals surface area (Å²) in [5, 5.41) is 4.27. The molecule has 3 rings (SSSR count). The summed E-state index contributed by atoms with van der Waals surface area (Å²) >= 11 is 3.54. The summed E-state index contributed by atoms with van der Waals surface area (Å²) in [7, 11) is 0. The van der Waals surface area contributed by atoms with E-state index in [0.29, 0.717) is 0 Å². The van der Waals surface area contributed by atoms with Gasteiger partial charge in [0.25, 0.3) is 0 Å². The van der Waals surface area contributed by atoms with Crippen LogP contribution in [-0.2, 0) is 11.2 Å². The maximum atomic E-state index is 11.6. The van der Waals surface area contributed by atoms with E-state index in [1.54, 1.807) is 6.92 Å². The van der Waals surface area contributed by atoms with Crippen LogP contribution < -0.4 is 5.32 Å². The number of carbonyl (C=O) groups is 1. The van der Waals surface area contributed by atoms with E-state index in [4.69, 9.17) is 0 Å². The monoisotopic (exact) mass is 370 g/mol. The number of benzene rings is 2. The molecule has 0 fully saturated rings. The molecule has 1 amide bonds. The Morgan fingerprint density at radius 1 is 1.22 bits per heavy atom. The molecule has 23 heavy (non-hydrogen) atoms. The lowest BCUT2D eigenvalue weighted by Gasteiger charge is -2.19. The number of H-pyrrole nitrogens is 1. The molecule has 1 heterocycles. The van der Waals surface area contributed by atoms with Crippen molar-refractivity contribution in [1.29, 1.82) is 0 Å². The number of hydrogen-bond donors (Lipinski definition) is 2. The van der Waals surface area contributed by atoms with Crippen LogP contribution in [-0.4, -0.2) is 10.9 Å². The summed E-state index contributed by atoms with van der Waals surface area (Å²) < 4.78 is 1.06. The Labute approximate surface area is 144 Å². The van der Waals surface area contributed by atoms with Crippen molar-refractivity contribution in [1.82, 2.24) is 10.3 Å². The summed E-state index contributed by atoms with van der Waals surface area (Å²) in [4.78, 5) is 15.1. The molecule has 0 radical (unpaired) electrons. The second kappa shape index (κ2) is 6.59. The van der Waals surface area contributed by atoms with Crippen LogP contribution in [0.5, 0.6) is 0 Å². The van der Waals surface area contributed by atoms with E-state index in [-0.39, 0.29) is 11.9 Å². The topological polar surface area (TPSA) is 44.9 Å². The van der Waals surface area contributed by atoms with Gasteiger partial charge in [-0.2, -0.15) is 0 Å². The Balaban J connectivity index is 2.01. The number of fused-ring (bicyclic) bond motifs is 1. The van der Waals surface area contributed by atoms with Crippen LogP contribution >= 0.6 is 15.9 Å². The zero-order valence-corrected chi connectivity index (χ0v) is 14.8. The number of hydrogen-bond acceptors (Lipinski definition) is 1. The smallest absolute Gasteiger partial charge is 0.217 e. The zero-order valence-electron chi connectivity index (χ0n) is 13.2. The molecule has 0 saturated heterocycles. The Kier molecular flexibility index (Phi) is 4.53. The number of nitrogens with one attached hydrogen (secondary N) is 2. The summed E-state index contributed by atoms with van der Waals surface area (Å²) in [5.74, 6) is -0.0162. The summed E-state index contributed by atoms with van der Waals surface area (Å²) in [5.41, 5.74) is 4.62. The van der Waals surface area contributed by atoms with Gasteiger partial charge in [0.2, 0.25) is 5.91 Å². The van der Waals surface area contributed by atoms with Crippen molar-refractivity contribution < 1.29 is 4.79 Å². The average molecular weight is 371 g/mol. The first-order chi connectivity index (χ1) is 11.0. The molecule has 0 saturated carbocycles. The highest BCUT2D eigenvalue weighted by atomic mass is 79.9. The first-order valence-corrected chi connectivity index (χ1v) is 8.42. The lowest BCUT2D eigenvalue weighted by atomic mass is 9.97. The van der Waals surface area contributed by atoms with Crippen LogP contribution in [0.25, 0.3) is 10.9 Å². The Hall–Kier alpha value is -2.07. The minimum Gasteiger partial charge on any atom is -0.358 e. The molecule has 0 aliphatic carbocycles. The van der Waals surface area contributed by atoms with Crippen molar-refractivity contribution in [3.05, 3.63) is 69.8 Å². The predicted octanol–water partition coefficient (Wildman–Crippen LogP) is 4.66. The van der Waals surface area contributed by atoms with Crippen LogP contribution in [0, 0.1) is 6.92 Å². The zero-order chi connectivity index (χ0) is 16.4. The molecule has 2 aromatic carbocycles. The summed E-state index contributed by atoms with van der Waals surface area (Å²) in [6.07, 6.45) is 0.756. The van der Waals surface area contributed by atoms with Gasteiger partial charge in [-0.15, -0.1) is 0 Å². The van der Waals surface area contributed by atoms with E-state index in [1.165, 1.54) is 10.9 Å². The van der Waals surface area contributed by atoms with E-state index in [9.17, 15) is 4.79 Å².